The van der Waals surface area contributed by atoms with Gasteiger partial charge in [-0.25, -0.2) is 9.78 Å². The van der Waals surface area contributed by atoms with Crippen LogP contribution in [0.1, 0.15) is 24.6 Å². The molecule has 2 aromatic rings. The van der Waals surface area contributed by atoms with Gasteiger partial charge in [-0.2, -0.15) is 0 Å². The minimum Gasteiger partial charge on any atom is -0.508 e. The largest absolute Gasteiger partial charge is 0.508 e. The Balaban J connectivity index is 2.27. The second kappa shape index (κ2) is 13.7. The molecular formula is C23H30N6O9. The number of aromatic amines is 1. The number of amides is 3. The number of aliphatic carboxylic acids is 2. The Labute approximate surface area is 216 Å². The summed E-state index contributed by atoms with van der Waals surface area (Å²) >= 11 is 0. The lowest BCUT2D eigenvalue weighted by Crippen LogP contribution is -2.59. The van der Waals surface area contributed by atoms with E-state index in [1.54, 1.807) is 0 Å². The first-order chi connectivity index (χ1) is 17.9. The first kappa shape index (κ1) is 29.7. The van der Waals surface area contributed by atoms with Crippen molar-refractivity contribution in [3.63, 3.8) is 0 Å². The van der Waals surface area contributed by atoms with Crippen LogP contribution in [-0.4, -0.2) is 90.3 Å². The predicted octanol–water partition coefficient (Wildman–Crippen LogP) is -2.38. The second-order valence-corrected chi connectivity index (χ2v) is 8.54. The number of aliphatic hydroxyl groups excluding tert-OH is 1. The number of hydrogen-bond donors (Lipinski definition) is 9. The van der Waals surface area contributed by atoms with E-state index in [0.717, 1.165) is 0 Å². The number of nitrogens with zero attached hydrogens (tertiary/aromatic N) is 1. The van der Waals surface area contributed by atoms with E-state index in [9.17, 15) is 44.4 Å². The van der Waals surface area contributed by atoms with Crippen molar-refractivity contribution in [2.45, 2.75) is 56.5 Å². The van der Waals surface area contributed by atoms with Crippen LogP contribution in [0.15, 0.2) is 36.8 Å². The van der Waals surface area contributed by atoms with Crippen molar-refractivity contribution >= 4 is 29.7 Å². The average Bonchev–Trinajstić information content (AvgIpc) is 3.36. The Hall–Kier alpha value is -4.50. The van der Waals surface area contributed by atoms with E-state index < -0.39 is 66.4 Å². The summed E-state index contributed by atoms with van der Waals surface area (Å²) in [6.07, 6.45) is 0.249. The molecule has 3 amide bonds. The van der Waals surface area contributed by atoms with Crippen molar-refractivity contribution in [3.8, 4) is 5.75 Å². The maximum atomic E-state index is 13.1. The third-order valence-electron chi connectivity index (χ3n) is 5.44. The fraction of sp³-hybridized carbons (Fsp3) is 0.391. The highest BCUT2D eigenvalue weighted by Crippen LogP contribution is 2.12. The van der Waals surface area contributed by atoms with Gasteiger partial charge >= 0.3 is 11.9 Å². The van der Waals surface area contributed by atoms with E-state index in [0.29, 0.717) is 11.3 Å². The zero-order chi connectivity index (χ0) is 28.4. The fourth-order valence-corrected chi connectivity index (χ4v) is 3.31. The lowest BCUT2D eigenvalue weighted by atomic mass is 10.0. The van der Waals surface area contributed by atoms with Crippen LogP contribution < -0.4 is 21.7 Å². The van der Waals surface area contributed by atoms with Gasteiger partial charge < -0.3 is 47.1 Å². The number of aromatic hydroxyl groups is 1. The third-order valence-corrected chi connectivity index (χ3v) is 5.44. The van der Waals surface area contributed by atoms with Gasteiger partial charge in [-0.05, 0) is 24.6 Å². The van der Waals surface area contributed by atoms with Crippen molar-refractivity contribution in [1.29, 1.82) is 0 Å². The molecule has 5 atom stereocenters. The lowest BCUT2D eigenvalue weighted by molar-refractivity contribution is -0.143. The number of H-pyrrole nitrogens is 1. The van der Waals surface area contributed by atoms with Crippen molar-refractivity contribution in [1.82, 2.24) is 25.9 Å². The fourth-order valence-electron chi connectivity index (χ4n) is 3.31. The monoisotopic (exact) mass is 534 g/mol. The Morgan fingerprint density at radius 1 is 0.921 bits per heavy atom. The van der Waals surface area contributed by atoms with E-state index >= 15 is 0 Å². The summed E-state index contributed by atoms with van der Waals surface area (Å²) in [5, 5.41) is 44.7. The molecule has 0 saturated carbocycles. The lowest BCUT2D eigenvalue weighted by Gasteiger charge is -2.25. The van der Waals surface area contributed by atoms with Crippen LogP contribution in [0.25, 0.3) is 0 Å². The number of phenols is 1. The summed E-state index contributed by atoms with van der Waals surface area (Å²) in [6.45, 7) is 1.23. The van der Waals surface area contributed by atoms with Gasteiger partial charge in [0.25, 0.3) is 0 Å². The summed E-state index contributed by atoms with van der Waals surface area (Å²) < 4.78 is 0. The van der Waals surface area contributed by atoms with Crippen LogP contribution in [0.5, 0.6) is 5.75 Å². The number of aromatic nitrogens is 2. The standard InChI is InChI=1S/C23H30N6O9/c1-11(30)19(24)22(36)28-16(8-18(32)33)21(35)27-15(6-12-2-4-14(31)5-3-12)20(34)29-17(23(37)38)7-13-9-25-10-26-13/h2-5,9-11,15-17,19,30-31H,6-8,24H2,1H3,(H,25,26)(H,27,35)(H,28,36)(H,29,34)(H,32,33)(H,37,38). The maximum absolute atomic E-state index is 13.1. The van der Waals surface area contributed by atoms with Crippen LogP contribution >= 0.6 is 0 Å². The molecule has 1 heterocycles. The number of phenolic OH excluding ortho intramolecular Hbond substituents is 1. The molecule has 0 aliphatic heterocycles. The number of benzene rings is 1. The highest BCUT2D eigenvalue weighted by atomic mass is 16.4. The van der Waals surface area contributed by atoms with E-state index in [1.165, 1.54) is 43.7 Å². The molecule has 0 bridgehead atoms. The summed E-state index contributed by atoms with van der Waals surface area (Å²) in [5.41, 5.74) is 6.45. The molecule has 206 valence electrons. The Morgan fingerprint density at radius 3 is 2.03 bits per heavy atom. The number of hydrogen-bond acceptors (Lipinski definition) is 9. The molecule has 38 heavy (non-hydrogen) atoms. The molecule has 0 fully saturated rings. The summed E-state index contributed by atoms with van der Waals surface area (Å²) in [6, 6.07) is -0.299. The van der Waals surface area contributed by atoms with Gasteiger partial charge in [0.15, 0.2) is 0 Å². The first-order valence-corrected chi connectivity index (χ1v) is 11.4. The molecule has 0 saturated heterocycles. The number of carboxylic acid groups (broad SMARTS) is 2. The Bertz CT molecular complexity index is 1120. The number of rotatable bonds is 14. The van der Waals surface area contributed by atoms with Gasteiger partial charge in [-0.15, -0.1) is 0 Å². The van der Waals surface area contributed by atoms with Crippen LogP contribution in [0.4, 0.5) is 0 Å². The topological polar surface area (TPSA) is 257 Å². The van der Waals surface area contributed by atoms with Gasteiger partial charge in [-0.1, -0.05) is 12.1 Å². The second-order valence-electron chi connectivity index (χ2n) is 8.54. The highest BCUT2D eigenvalue weighted by Gasteiger charge is 2.32. The van der Waals surface area contributed by atoms with E-state index in [1.807, 2.05) is 0 Å². The molecule has 0 radical (unpaired) electrons. The first-order valence-electron chi connectivity index (χ1n) is 11.4. The molecule has 10 N–H and O–H groups in total. The number of carbonyl (C=O) groups excluding carboxylic acids is 3. The molecule has 0 spiro atoms. The van der Waals surface area contributed by atoms with Gasteiger partial charge in [-0.3, -0.25) is 19.2 Å². The smallest absolute Gasteiger partial charge is 0.326 e. The minimum absolute atomic E-state index is 0.0528. The maximum Gasteiger partial charge on any atom is 0.326 e. The molecule has 1 aromatic heterocycles. The molecule has 1 aromatic carbocycles. The van der Waals surface area contributed by atoms with Crippen molar-refractivity contribution in [2.75, 3.05) is 0 Å². The summed E-state index contributed by atoms with van der Waals surface area (Å²) in [4.78, 5) is 68.0. The van der Waals surface area contributed by atoms with Gasteiger partial charge in [0.05, 0.1) is 18.9 Å². The van der Waals surface area contributed by atoms with Crippen LogP contribution in [0.2, 0.25) is 0 Å². The third kappa shape index (κ3) is 9.18. The Morgan fingerprint density at radius 2 is 1.50 bits per heavy atom. The summed E-state index contributed by atoms with van der Waals surface area (Å²) in [7, 11) is 0. The zero-order valence-electron chi connectivity index (χ0n) is 20.3. The molecular weight excluding hydrogens is 504 g/mol. The number of imidazole rings is 1. The molecule has 2 rings (SSSR count). The molecule has 0 aliphatic carbocycles. The molecule has 0 aliphatic rings. The average molecular weight is 535 g/mol. The normalized spacial score (nSPS) is 14.8. The predicted molar refractivity (Wildman–Crippen MR) is 129 cm³/mol. The van der Waals surface area contributed by atoms with E-state index in [4.69, 9.17) is 5.73 Å². The highest BCUT2D eigenvalue weighted by molar-refractivity contribution is 5.95. The number of nitrogens with one attached hydrogen (secondary N) is 4. The number of carbonyl (C=O) groups is 5. The molecule has 5 unspecified atom stereocenters. The molecule has 15 nitrogen and oxygen atoms in total. The van der Waals surface area contributed by atoms with Gasteiger partial charge in [0, 0.05) is 24.7 Å². The zero-order valence-corrected chi connectivity index (χ0v) is 20.3. The number of carboxylic acids is 2. The summed E-state index contributed by atoms with van der Waals surface area (Å²) in [5.74, 6) is -5.81. The van der Waals surface area contributed by atoms with E-state index in [-0.39, 0.29) is 18.6 Å². The Kier molecular flexibility index (Phi) is 10.7. The SMILES string of the molecule is CC(O)C(N)C(=O)NC(CC(=O)O)C(=O)NC(Cc1ccc(O)cc1)C(=O)NC(Cc1cnc[nH]1)C(=O)O. The van der Waals surface area contributed by atoms with Crippen molar-refractivity contribution < 1.29 is 44.4 Å². The van der Waals surface area contributed by atoms with E-state index in [2.05, 4.69) is 25.9 Å². The van der Waals surface area contributed by atoms with Crippen molar-refractivity contribution in [3.05, 3.63) is 48.0 Å². The van der Waals surface area contributed by atoms with Gasteiger partial charge in [0.1, 0.15) is 29.9 Å². The van der Waals surface area contributed by atoms with Crippen LogP contribution in [0, 0.1) is 0 Å². The number of nitrogens with two attached hydrogens (primary N) is 1. The van der Waals surface area contributed by atoms with Gasteiger partial charge in [0.2, 0.25) is 17.7 Å². The van der Waals surface area contributed by atoms with Crippen molar-refractivity contribution in [2.24, 2.45) is 5.73 Å². The van der Waals surface area contributed by atoms with Crippen LogP contribution in [-0.2, 0) is 36.8 Å². The molecule has 15 heteroatoms. The quantitative estimate of drug-likeness (QED) is 0.124. The number of aliphatic hydroxyl groups is 1. The van der Waals surface area contributed by atoms with Crippen LogP contribution in [0.3, 0.4) is 0 Å². The minimum atomic E-state index is -1.67.